The molecule has 0 spiro atoms. The summed E-state index contributed by atoms with van der Waals surface area (Å²) >= 11 is 0. The highest BCUT2D eigenvalue weighted by molar-refractivity contribution is 5.96. The highest BCUT2D eigenvalue weighted by atomic mass is 19.4. The first-order chi connectivity index (χ1) is 20.7. The van der Waals surface area contributed by atoms with E-state index in [0.717, 1.165) is 54.4 Å². The molecule has 4 aromatic heterocycles. The van der Waals surface area contributed by atoms with Crippen molar-refractivity contribution in [1.82, 2.24) is 40.5 Å². The number of aromatic amines is 1. The first kappa shape index (κ1) is 28.4. The number of H-pyrrole nitrogens is 1. The molecule has 4 heterocycles. The summed E-state index contributed by atoms with van der Waals surface area (Å²) in [5.74, 6) is -1.50. The molecule has 6 rings (SSSR count). The smallest absolute Gasteiger partial charge is 0.345 e. The van der Waals surface area contributed by atoms with Crippen LogP contribution in [0.3, 0.4) is 0 Å². The molecule has 14 heteroatoms. The molecule has 0 aliphatic heterocycles. The van der Waals surface area contributed by atoms with E-state index in [1.807, 2.05) is 6.07 Å². The molecule has 0 unspecified atom stereocenters. The third-order valence-electron chi connectivity index (χ3n) is 7.25. The number of benzene rings is 1. The van der Waals surface area contributed by atoms with Gasteiger partial charge in [0.1, 0.15) is 11.6 Å². The summed E-state index contributed by atoms with van der Waals surface area (Å²) < 4.78 is 67.9. The van der Waals surface area contributed by atoms with Crippen LogP contribution in [0.25, 0.3) is 22.2 Å². The van der Waals surface area contributed by atoms with E-state index in [0.29, 0.717) is 36.2 Å². The number of carbonyl (C=O) groups is 1. The second-order valence-corrected chi connectivity index (χ2v) is 10.5. The van der Waals surface area contributed by atoms with E-state index in [4.69, 9.17) is 0 Å². The molecule has 1 aromatic carbocycles. The number of hydrogen-bond donors (Lipinski definition) is 2. The maximum absolute atomic E-state index is 14.8. The molecular weight excluding hydrogens is 571 g/mol. The number of nitrogens with zero attached hydrogens (tertiary/aromatic N) is 6. The third-order valence-corrected chi connectivity index (χ3v) is 7.25. The van der Waals surface area contributed by atoms with Crippen molar-refractivity contribution in [3.8, 4) is 11.1 Å². The monoisotopic (exact) mass is 596 g/mol. The molecular formula is C29H25F5N8O. The number of alkyl halides is 3. The van der Waals surface area contributed by atoms with Crippen molar-refractivity contribution in [3.63, 3.8) is 0 Å². The first-order valence-corrected chi connectivity index (χ1v) is 13.7. The summed E-state index contributed by atoms with van der Waals surface area (Å²) in [4.78, 5) is 19.4. The van der Waals surface area contributed by atoms with E-state index in [-0.39, 0.29) is 23.9 Å². The van der Waals surface area contributed by atoms with Crippen LogP contribution in [0.1, 0.15) is 64.7 Å². The zero-order chi connectivity index (χ0) is 30.1. The van der Waals surface area contributed by atoms with Crippen LogP contribution in [-0.2, 0) is 25.7 Å². The van der Waals surface area contributed by atoms with Crippen LogP contribution in [-0.4, -0.2) is 41.1 Å². The van der Waals surface area contributed by atoms with Crippen molar-refractivity contribution in [2.45, 2.75) is 57.3 Å². The summed E-state index contributed by atoms with van der Waals surface area (Å²) in [7, 11) is 0. The van der Waals surface area contributed by atoms with Gasteiger partial charge in [0.05, 0.1) is 29.7 Å². The van der Waals surface area contributed by atoms with Crippen molar-refractivity contribution in [2.75, 3.05) is 0 Å². The molecule has 9 nitrogen and oxygen atoms in total. The number of unbranched alkanes of at least 4 members (excludes halogenated alkanes) is 1. The summed E-state index contributed by atoms with van der Waals surface area (Å²) in [6, 6.07) is 7.59. The fourth-order valence-electron chi connectivity index (χ4n) is 4.88. The molecule has 0 bridgehead atoms. The summed E-state index contributed by atoms with van der Waals surface area (Å²) in [6.07, 6.45) is 1.72. The number of carbonyl (C=O) groups excluding carboxylic acids is 1. The molecule has 0 saturated heterocycles. The second kappa shape index (κ2) is 11.5. The first-order valence-electron chi connectivity index (χ1n) is 13.7. The zero-order valence-electron chi connectivity index (χ0n) is 22.6. The molecule has 1 amide bonds. The van der Waals surface area contributed by atoms with E-state index < -0.39 is 29.3 Å². The van der Waals surface area contributed by atoms with Crippen LogP contribution >= 0.6 is 0 Å². The van der Waals surface area contributed by atoms with Gasteiger partial charge in [-0.05, 0) is 68.4 Å². The number of aromatic nitrogens is 7. The van der Waals surface area contributed by atoms with Gasteiger partial charge in [0.25, 0.3) is 5.91 Å². The lowest BCUT2D eigenvalue weighted by molar-refractivity contribution is -0.137. The summed E-state index contributed by atoms with van der Waals surface area (Å²) in [5, 5.41) is 19.8. The van der Waals surface area contributed by atoms with Gasteiger partial charge in [0.2, 0.25) is 0 Å². The predicted octanol–water partition coefficient (Wildman–Crippen LogP) is 5.74. The molecule has 1 aliphatic carbocycles. The Morgan fingerprint density at radius 2 is 1.86 bits per heavy atom. The van der Waals surface area contributed by atoms with Crippen molar-refractivity contribution in [3.05, 3.63) is 88.8 Å². The van der Waals surface area contributed by atoms with Crippen LogP contribution < -0.4 is 5.32 Å². The Morgan fingerprint density at radius 3 is 2.58 bits per heavy atom. The minimum Gasteiger partial charge on any atom is -0.345 e. The number of nitrogens with one attached hydrogen (secondary N) is 2. The van der Waals surface area contributed by atoms with Gasteiger partial charge in [-0.25, -0.2) is 8.78 Å². The topological polar surface area (TPSA) is 114 Å². The standard InChI is InChI=1S/C29H25F5N8O/c30-18-7-9-21(23(31)11-18)25-22-12-19(38-40-27(22)37-26(25)16-4-5-16)3-1-2-10-42-15-24(39-41-42)28(43)36-14-20-8-6-17(13-35-20)29(32,33)34/h6-9,11-13,15-16H,1-5,10,14H2,(H,36,43)(H,37,40). The molecule has 1 aliphatic rings. The Hall–Kier alpha value is -4.75. The number of halogens is 5. The number of aryl methyl sites for hydroxylation is 2. The minimum atomic E-state index is -4.48. The van der Waals surface area contributed by atoms with Crippen molar-refractivity contribution >= 4 is 16.9 Å². The Morgan fingerprint density at radius 1 is 1.02 bits per heavy atom. The van der Waals surface area contributed by atoms with E-state index in [9.17, 15) is 26.7 Å². The number of rotatable bonds is 10. The van der Waals surface area contributed by atoms with Crippen LogP contribution in [0.15, 0.2) is 48.8 Å². The van der Waals surface area contributed by atoms with Gasteiger partial charge < -0.3 is 10.3 Å². The van der Waals surface area contributed by atoms with Crippen LogP contribution in [0.2, 0.25) is 0 Å². The summed E-state index contributed by atoms with van der Waals surface area (Å²) in [6.45, 7) is 0.423. The van der Waals surface area contributed by atoms with Gasteiger partial charge in [-0.2, -0.15) is 18.3 Å². The average Bonchev–Trinajstić information content (AvgIpc) is 3.60. The van der Waals surface area contributed by atoms with Gasteiger partial charge in [-0.15, -0.1) is 10.2 Å². The van der Waals surface area contributed by atoms with E-state index in [1.54, 1.807) is 0 Å². The minimum absolute atomic E-state index is 0.0615. The molecule has 5 aromatic rings. The quantitative estimate of drug-likeness (QED) is 0.157. The Labute approximate surface area is 241 Å². The van der Waals surface area contributed by atoms with Gasteiger partial charge >= 0.3 is 6.18 Å². The summed E-state index contributed by atoms with van der Waals surface area (Å²) in [5.41, 5.74) is 2.70. The highest BCUT2D eigenvalue weighted by Crippen LogP contribution is 2.47. The molecule has 0 radical (unpaired) electrons. The number of fused-ring (bicyclic) bond motifs is 1. The molecule has 0 atom stereocenters. The van der Waals surface area contributed by atoms with Gasteiger partial charge in [-0.1, -0.05) is 5.21 Å². The Kier molecular flexibility index (Phi) is 7.59. The number of hydrogen-bond acceptors (Lipinski definition) is 6. The Balaban J connectivity index is 1.04. The normalized spacial score (nSPS) is 13.5. The molecule has 1 saturated carbocycles. The molecule has 43 heavy (non-hydrogen) atoms. The van der Waals surface area contributed by atoms with Crippen LogP contribution in [0.4, 0.5) is 22.0 Å². The van der Waals surface area contributed by atoms with Gasteiger partial charge in [0, 0.05) is 41.0 Å². The molecule has 2 N–H and O–H groups in total. The second-order valence-electron chi connectivity index (χ2n) is 10.5. The van der Waals surface area contributed by atoms with Gasteiger partial charge in [0.15, 0.2) is 11.3 Å². The molecule has 222 valence electrons. The number of amides is 1. The SMILES string of the molecule is O=C(NCc1ccc(C(F)(F)F)cn1)c1cn(CCCCc2cc3c(-c4ccc(F)cc4F)c(C4CC4)[nH]c3nn2)nn1. The predicted molar refractivity (Wildman–Crippen MR) is 145 cm³/mol. The maximum Gasteiger partial charge on any atom is 0.417 e. The lowest BCUT2D eigenvalue weighted by atomic mass is 9.99. The van der Waals surface area contributed by atoms with Crippen molar-refractivity contribution in [2.24, 2.45) is 0 Å². The van der Waals surface area contributed by atoms with Crippen LogP contribution in [0.5, 0.6) is 0 Å². The van der Waals surface area contributed by atoms with Crippen molar-refractivity contribution < 1.29 is 26.7 Å². The Bertz CT molecular complexity index is 1780. The largest absolute Gasteiger partial charge is 0.417 e. The van der Waals surface area contributed by atoms with Crippen molar-refractivity contribution in [1.29, 1.82) is 0 Å². The zero-order valence-corrected chi connectivity index (χ0v) is 22.6. The average molecular weight is 597 g/mol. The van der Waals surface area contributed by atoms with Crippen LogP contribution in [0, 0.1) is 11.6 Å². The number of pyridine rings is 1. The van der Waals surface area contributed by atoms with E-state index >= 15 is 0 Å². The van der Waals surface area contributed by atoms with E-state index in [1.165, 1.54) is 29.1 Å². The maximum atomic E-state index is 14.8. The lowest BCUT2D eigenvalue weighted by Gasteiger charge is -2.07. The third kappa shape index (κ3) is 6.37. The highest BCUT2D eigenvalue weighted by Gasteiger charge is 2.31. The fraction of sp³-hybridized carbons (Fsp3) is 0.310. The molecule has 1 fully saturated rings. The fourth-order valence-corrected chi connectivity index (χ4v) is 4.88. The lowest BCUT2D eigenvalue weighted by Crippen LogP contribution is -2.23. The van der Waals surface area contributed by atoms with E-state index in [2.05, 4.69) is 35.8 Å². The van der Waals surface area contributed by atoms with Gasteiger partial charge in [-0.3, -0.25) is 14.5 Å².